The monoisotopic (exact) mass is 238 g/mol. The van der Waals surface area contributed by atoms with Crippen molar-refractivity contribution in [2.45, 2.75) is 58.9 Å². The molecule has 100 valence electrons. The molecule has 2 nitrogen and oxygen atoms in total. The lowest BCUT2D eigenvalue weighted by Gasteiger charge is -2.41. The summed E-state index contributed by atoms with van der Waals surface area (Å²) in [5, 5.41) is 0. The third-order valence-electron chi connectivity index (χ3n) is 4.16. The third kappa shape index (κ3) is 4.26. The van der Waals surface area contributed by atoms with Crippen LogP contribution in [0.1, 0.15) is 52.9 Å². The first kappa shape index (κ1) is 13.4. The molecule has 2 aliphatic heterocycles. The van der Waals surface area contributed by atoms with Crippen molar-refractivity contribution in [2.24, 2.45) is 5.41 Å². The molecule has 0 radical (unpaired) electrons. The Hall–Kier alpha value is -0.0800. The van der Waals surface area contributed by atoms with Gasteiger partial charge in [0.25, 0.3) is 0 Å². The summed E-state index contributed by atoms with van der Waals surface area (Å²) in [6, 6.07) is 0.895. The van der Waals surface area contributed by atoms with Gasteiger partial charge in [-0.05, 0) is 57.3 Å². The molecule has 0 amide bonds. The highest BCUT2D eigenvalue weighted by Gasteiger charge is 2.27. The van der Waals surface area contributed by atoms with Crippen LogP contribution in [0.15, 0.2) is 0 Å². The maximum atomic E-state index is 2.76. The molecule has 0 unspecified atom stereocenters. The van der Waals surface area contributed by atoms with E-state index < -0.39 is 0 Å². The summed E-state index contributed by atoms with van der Waals surface area (Å²) in [6.07, 6.45) is 7.12. The van der Waals surface area contributed by atoms with Gasteiger partial charge in [0, 0.05) is 12.6 Å². The summed E-state index contributed by atoms with van der Waals surface area (Å²) < 4.78 is 0. The predicted molar refractivity (Wildman–Crippen MR) is 74.3 cm³/mol. The predicted octanol–water partition coefficient (Wildman–Crippen LogP) is 2.98. The molecule has 0 atom stereocenters. The van der Waals surface area contributed by atoms with Gasteiger partial charge in [-0.2, -0.15) is 0 Å². The minimum atomic E-state index is 0.456. The number of piperidine rings is 2. The standard InChI is InChI=1S/C15H30N2/c1-15(2,3)13-16-11-7-14(8-12-16)17-9-5-4-6-10-17/h14H,4-13H2,1-3H3. The molecule has 2 heterocycles. The molecule has 0 spiro atoms. The van der Waals surface area contributed by atoms with Gasteiger partial charge in [-0.3, -0.25) is 0 Å². The average molecular weight is 238 g/mol. The van der Waals surface area contributed by atoms with Crippen LogP contribution in [0.2, 0.25) is 0 Å². The summed E-state index contributed by atoms with van der Waals surface area (Å²) in [5.41, 5.74) is 0.456. The van der Waals surface area contributed by atoms with Crippen molar-refractivity contribution < 1.29 is 0 Å². The lowest BCUT2D eigenvalue weighted by Crippen LogP contribution is -2.48. The smallest absolute Gasteiger partial charge is 0.0120 e. The second-order valence-corrected chi connectivity index (χ2v) is 7.16. The van der Waals surface area contributed by atoms with Crippen molar-refractivity contribution in [1.29, 1.82) is 0 Å². The lowest BCUT2D eigenvalue weighted by molar-refractivity contribution is 0.0772. The summed E-state index contributed by atoms with van der Waals surface area (Å²) in [6.45, 7) is 13.7. The largest absolute Gasteiger partial charge is 0.303 e. The number of hydrogen-bond donors (Lipinski definition) is 0. The zero-order chi connectivity index (χ0) is 12.3. The Morgan fingerprint density at radius 3 is 2.00 bits per heavy atom. The van der Waals surface area contributed by atoms with Crippen molar-refractivity contribution >= 4 is 0 Å². The fourth-order valence-electron chi connectivity index (χ4n) is 3.40. The van der Waals surface area contributed by atoms with Crippen molar-refractivity contribution in [3.63, 3.8) is 0 Å². The number of nitrogens with zero attached hydrogens (tertiary/aromatic N) is 2. The molecule has 2 fully saturated rings. The van der Waals surface area contributed by atoms with Crippen molar-refractivity contribution in [2.75, 3.05) is 32.7 Å². The maximum absolute atomic E-state index is 2.76. The van der Waals surface area contributed by atoms with Crippen LogP contribution in [0, 0.1) is 5.41 Å². The highest BCUT2D eigenvalue weighted by molar-refractivity contribution is 4.82. The van der Waals surface area contributed by atoms with Crippen LogP contribution in [-0.4, -0.2) is 48.6 Å². The zero-order valence-electron chi connectivity index (χ0n) is 12.0. The topological polar surface area (TPSA) is 6.48 Å². The molecule has 0 bridgehead atoms. The highest BCUT2D eigenvalue weighted by atomic mass is 15.2. The van der Waals surface area contributed by atoms with Crippen molar-refractivity contribution in [3.8, 4) is 0 Å². The van der Waals surface area contributed by atoms with Crippen LogP contribution in [0.4, 0.5) is 0 Å². The van der Waals surface area contributed by atoms with Crippen LogP contribution in [-0.2, 0) is 0 Å². The quantitative estimate of drug-likeness (QED) is 0.730. The Morgan fingerprint density at radius 2 is 1.47 bits per heavy atom. The maximum Gasteiger partial charge on any atom is 0.0120 e. The first-order chi connectivity index (χ1) is 8.04. The van der Waals surface area contributed by atoms with Gasteiger partial charge in [0.1, 0.15) is 0 Å². The van der Waals surface area contributed by atoms with Gasteiger partial charge in [0.15, 0.2) is 0 Å². The molecule has 17 heavy (non-hydrogen) atoms. The van der Waals surface area contributed by atoms with E-state index in [1.165, 1.54) is 64.8 Å². The SMILES string of the molecule is CC(C)(C)CN1CCC(N2CCCCC2)CC1. The molecule has 0 aliphatic carbocycles. The van der Waals surface area contributed by atoms with Crippen molar-refractivity contribution in [3.05, 3.63) is 0 Å². The van der Waals surface area contributed by atoms with Gasteiger partial charge >= 0.3 is 0 Å². The Morgan fingerprint density at radius 1 is 0.882 bits per heavy atom. The van der Waals surface area contributed by atoms with Crippen LogP contribution in [0.25, 0.3) is 0 Å². The van der Waals surface area contributed by atoms with E-state index in [0.717, 1.165) is 6.04 Å². The highest BCUT2D eigenvalue weighted by Crippen LogP contribution is 2.23. The van der Waals surface area contributed by atoms with Gasteiger partial charge in [0.2, 0.25) is 0 Å². The Balaban J connectivity index is 1.73. The molecule has 2 heteroatoms. The molecule has 0 aromatic carbocycles. The molecular formula is C15H30N2. The fourth-order valence-corrected chi connectivity index (χ4v) is 3.40. The normalized spacial score (nSPS) is 26.3. The first-order valence-corrected chi connectivity index (χ1v) is 7.51. The van der Waals surface area contributed by atoms with Gasteiger partial charge < -0.3 is 9.80 Å². The minimum Gasteiger partial charge on any atom is -0.303 e. The van der Waals surface area contributed by atoms with Gasteiger partial charge in [-0.25, -0.2) is 0 Å². The van der Waals surface area contributed by atoms with Gasteiger partial charge in [-0.1, -0.05) is 27.2 Å². The van der Waals surface area contributed by atoms with E-state index >= 15 is 0 Å². The van der Waals surface area contributed by atoms with Crippen LogP contribution in [0.5, 0.6) is 0 Å². The van der Waals surface area contributed by atoms with E-state index in [9.17, 15) is 0 Å². The molecule has 2 saturated heterocycles. The van der Waals surface area contributed by atoms with Crippen LogP contribution >= 0.6 is 0 Å². The number of likely N-dealkylation sites (tertiary alicyclic amines) is 2. The molecule has 0 N–H and O–H groups in total. The number of rotatable bonds is 2. The second kappa shape index (κ2) is 5.71. The van der Waals surface area contributed by atoms with Gasteiger partial charge in [-0.15, -0.1) is 0 Å². The number of hydrogen-bond acceptors (Lipinski definition) is 2. The van der Waals surface area contributed by atoms with E-state index in [4.69, 9.17) is 0 Å². The second-order valence-electron chi connectivity index (χ2n) is 7.16. The molecule has 0 aromatic heterocycles. The van der Waals surface area contributed by atoms with E-state index in [1.54, 1.807) is 0 Å². The molecular weight excluding hydrogens is 208 g/mol. The molecule has 0 aromatic rings. The van der Waals surface area contributed by atoms with E-state index in [1.807, 2.05) is 0 Å². The Kier molecular flexibility index (Phi) is 4.48. The van der Waals surface area contributed by atoms with Crippen LogP contribution < -0.4 is 0 Å². The summed E-state index contributed by atoms with van der Waals surface area (Å²) in [4.78, 5) is 5.43. The van der Waals surface area contributed by atoms with E-state index in [0.29, 0.717) is 5.41 Å². The minimum absolute atomic E-state index is 0.456. The molecule has 2 aliphatic rings. The van der Waals surface area contributed by atoms with Crippen molar-refractivity contribution in [1.82, 2.24) is 9.80 Å². The first-order valence-electron chi connectivity index (χ1n) is 7.51. The summed E-state index contributed by atoms with van der Waals surface area (Å²) in [5.74, 6) is 0. The van der Waals surface area contributed by atoms with E-state index in [2.05, 4.69) is 30.6 Å². The summed E-state index contributed by atoms with van der Waals surface area (Å²) >= 11 is 0. The summed E-state index contributed by atoms with van der Waals surface area (Å²) in [7, 11) is 0. The molecule has 2 rings (SSSR count). The van der Waals surface area contributed by atoms with E-state index in [-0.39, 0.29) is 0 Å². The fraction of sp³-hybridized carbons (Fsp3) is 1.00. The van der Waals surface area contributed by atoms with Gasteiger partial charge in [0.05, 0.1) is 0 Å². The third-order valence-corrected chi connectivity index (χ3v) is 4.16. The average Bonchev–Trinajstić information content (AvgIpc) is 2.29. The Labute approximate surface area is 107 Å². The lowest BCUT2D eigenvalue weighted by atomic mass is 9.93. The zero-order valence-corrected chi connectivity index (χ0v) is 12.0. The molecule has 0 saturated carbocycles. The van der Waals surface area contributed by atoms with Crippen LogP contribution in [0.3, 0.4) is 0 Å². The Bertz CT molecular complexity index is 218.